The number of thiophene rings is 2. The molecule has 0 fully saturated rings. The number of benzene rings is 4. The first-order valence-electron chi connectivity index (χ1n) is 11.8. The van der Waals surface area contributed by atoms with Gasteiger partial charge in [0.25, 0.3) is 0 Å². The van der Waals surface area contributed by atoms with Gasteiger partial charge in [-0.25, -0.2) is 0 Å². The summed E-state index contributed by atoms with van der Waals surface area (Å²) < 4.78 is 0. The average Bonchev–Trinajstić information content (AvgIpc) is 3.67. The van der Waals surface area contributed by atoms with Crippen molar-refractivity contribution in [2.75, 3.05) is 9.80 Å². The Kier molecular flexibility index (Phi) is 6.36. The molecule has 0 saturated carbocycles. The molecule has 6 aromatic rings. The molecule has 0 N–H and O–H groups in total. The van der Waals surface area contributed by atoms with Gasteiger partial charge >= 0.3 is 0 Å². The quantitative estimate of drug-likeness (QED) is 0.215. The van der Waals surface area contributed by atoms with Crippen LogP contribution in [0.15, 0.2) is 144 Å². The molecule has 0 bridgehead atoms. The first kappa shape index (κ1) is 22.4. The van der Waals surface area contributed by atoms with Gasteiger partial charge in [-0.15, -0.1) is 22.7 Å². The molecule has 0 atom stereocenters. The highest BCUT2D eigenvalue weighted by Gasteiger charge is 2.15. The smallest absolute Gasteiger partial charge is 0.0999 e. The minimum atomic E-state index is 1.15. The van der Waals surface area contributed by atoms with Crippen molar-refractivity contribution in [3.8, 4) is 11.1 Å². The Morgan fingerprint density at radius 3 is 1.03 bits per heavy atom. The van der Waals surface area contributed by atoms with Crippen LogP contribution >= 0.6 is 22.7 Å². The molecule has 4 heteroatoms. The molecule has 0 spiro atoms. The monoisotopic (exact) mass is 500 g/mol. The van der Waals surface area contributed by atoms with E-state index in [-0.39, 0.29) is 0 Å². The largest absolute Gasteiger partial charge is 0.302 e. The molecule has 2 aromatic heterocycles. The van der Waals surface area contributed by atoms with Gasteiger partial charge in [-0.3, -0.25) is 0 Å². The summed E-state index contributed by atoms with van der Waals surface area (Å²) in [7, 11) is 0. The highest BCUT2D eigenvalue weighted by Crippen LogP contribution is 2.39. The van der Waals surface area contributed by atoms with Gasteiger partial charge in [-0.05, 0) is 94.7 Å². The fourth-order valence-electron chi connectivity index (χ4n) is 4.36. The predicted octanol–water partition coefficient (Wildman–Crippen LogP) is 10.4. The van der Waals surface area contributed by atoms with E-state index in [1.165, 1.54) is 21.1 Å². The van der Waals surface area contributed by atoms with Crippen molar-refractivity contribution in [2.24, 2.45) is 0 Å². The number of hydrogen-bond acceptors (Lipinski definition) is 4. The molecule has 0 aliphatic rings. The number of rotatable bonds is 7. The van der Waals surface area contributed by atoms with Crippen molar-refractivity contribution < 1.29 is 0 Å². The average molecular weight is 501 g/mol. The van der Waals surface area contributed by atoms with Crippen LogP contribution in [0.25, 0.3) is 11.1 Å². The molecular weight excluding hydrogens is 477 g/mol. The highest BCUT2D eigenvalue weighted by atomic mass is 32.1. The van der Waals surface area contributed by atoms with Gasteiger partial charge in [-0.1, -0.05) is 60.7 Å². The molecule has 2 nitrogen and oxygen atoms in total. The Morgan fingerprint density at radius 1 is 0.333 bits per heavy atom. The zero-order valence-corrected chi connectivity index (χ0v) is 21.2. The third-order valence-corrected chi connectivity index (χ3v) is 7.77. The fourth-order valence-corrected chi connectivity index (χ4v) is 5.90. The van der Waals surface area contributed by atoms with Crippen LogP contribution in [0.2, 0.25) is 0 Å². The summed E-state index contributed by atoms with van der Waals surface area (Å²) in [6.45, 7) is 0. The zero-order chi connectivity index (χ0) is 24.2. The molecule has 0 unspecified atom stereocenters. The van der Waals surface area contributed by atoms with E-state index in [2.05, 4.69) is 154 Å². The lowest BCUT2D eigenvalue weighted by molar-refractivity contribution is 1.31. The Morgan fingerprint density at radius 2 is 0.694 bits per heavy atom. The van der Waals surface area contributed by atoms with Gasteiger partial charge in [0.1, 0.15) is 0 Å². The topological polar surface area (TPSA) is 6.48 Å². The second kappa shape index (κ2) is 10.2. The van der Waals surface area contributed by atoms with E-state index in [0.29, 0.717) is 0 Å². The van der Waals surface area contributed by atoms with Crippen molar-refractivity contribution in [1.82, 2.24) is 0 Å². The molecule has 0 amide bonds. The van der Waals surface area contributed by atoms with Crippen molar-refractivity contribution in [2.45, 2.75) is 0 Å². The van der Waals surface area contributed by atoms with Gasteiger partial charge in [0.05, 0.1) is 10.0 Å². The number of hydrogen-bond donors (Lipinski definition) is 0. The Hall–Kier alpha value is -4.12. The molecule has 0 saturated heterocycles. The molecular formula is C32H24N2S2. The van der Waals surface area contributed by atoms with E-state index in [1.54, 1.807) is 22.7 Å². The molecule has 2 heterocycles. The zero-order valence-electron chi connectivity index (χ0n) is 19.6. The molecule has 0 aliphatic heterocycles. The number of nitrogens with zero attached hydrogens (tertiary/aromatic N) is 2. The summed E-state index contributed by atoms with van der Waals surface area (Å²) in [6, 6.07) is 47.2. The minimum absolute atomic E-state index is 1.15. The van der Waals surface area contributed by atoms with E-state index in [4.69, 9.17) is 0 Å². The molecule has 6 rings (SSSR count). The second-order valence-electron chi connectivity index (χ2n) is 8.34. The SMILES string of the molecule is c1ccc(N(c2ccc(-c3ccc(N(c4ccccc4)c4cccs4)cc3)cc2)c2cccs2)cc1. The first-order valence-corrected chi connectivity index (χ1v) is 13.6. The normalized spacial score (nSPS) is 10.8. The van der Waals surface area contributed by atoms with Gasteiger partial charge in [0, 0.05) is 22.7 Å². The van der Waals surface area contributed by atoms with Crippen LogP contribution in [-0.2, 0) is 0 Å². The maximum Gasteiger partial charge on any atom is 0.0999 e. The summed E-state index contributed by atoms with van der Waals surface area (Å²) in [4.78, 5) is 4.60. The van der Waals surface area contributed by atoms with Crippen LogP contribution in [0.4, 0.5) is 32.8 Å². The summed E-state index contributed by atoms with van der Waals surface area (Å²) in [5.41, 5.74) is 7.02. The van der Waals surface area contributed by atoms with Crippen LogP contribution in [0.1, 0.15) is 0 Å². The van der Waals surface area contributed by atoms with Crippen LogP contribution < -0.4 is 9.80 Å². The Labute approximate surface area is 220 Å². The van der Waals surface area contributed by atoms with Crippen LogP contribution in [0.3, 0.4) is 0 Å². The van der Waals surface area contributed by atoms with E-state index in [9.17, 15) is 0 Å². The lowest BCUT2D eigenvalue weighted by atomic mass is 10.0. The third-order valence-electron chi connectivity index (χ3n) is 6.07. The Balaban J connectivity index is 1.30. The lowest BCUT2D eigenvalue weighted by Gasteiger charge is -2.24. The maximum atomic E-state index is 2.30. The van der Waals surface area contributed by atoms with Gasteiger partial charge in [0.2, 0.25) is 0 Å². The highest BCUT2D eigenvalue weighted by molar-refractivity contribution is 7.14. The molecule has 174 valence electrons. The first-order chi connectivity index (χ1) is 17.9. The van der Waals surface area contributed by atoms with E-state index < -0.39 is 0 Å². The number of anilines is 6. The van der Waals surface area contributed by atoms with Crippen LogP contribution in [0.5, 0.6) is 0 Å². The van der Waals surface area contributed by atoms with Crippen molar-refractivity contribution >= 4 is 55.4 Å². The van der Waals surface area contributed by atoms with E-state index in [0.717, 1.165) is 22.7 Å². The molecule has 0 radical (unpaired) electrons. The van der Waals surface area contributed by atoms with Gasteiger partial charge in [0.15, 0.2) is 0 Å². The second-order valence-corrected chi connectivity index (χ2v) is 10.2. The summed E-state index contributed by atoms with van der Waals surface area (Å²) in [5, 5.41) is 6.65. The van der Waals surface area contributed by atoms with Crippen molar-refractivity contribution in [3.05, 3.63) is 144 Å². The van der Waals surface area contributed by atoms with Gasteiger partial charge < -0.3 is 9.80 Å². The summed E-state index contributed by atoms with van der Waals surface area (Å²) in [6.07, 6.45) is 0. The van der Waals surface area contributed by atoms with E-state index in [1.807, 2.05) is 0 Å². The minimum Gasteiger partial charge on any atom is -0.302 e. The summed E-state index contributed by atoms with van der Waals surface area (Å²) >= 11 is 3.49. The fraction of sp³-hybridized carbons (Fsp3) is 0. The molecule has 4 aromatic carbocycles. The molecule has 36 heavy (non-hydrogen) atoms. The lowest BCUT2D eigenvalue weighted by Crippen LogP contribution is -2.08. The third kappa shape index (κ3) is 4.57. The predicted molar refractivity (Wildman–Crippen MR) is 157 cm³/mol. The Bertz CT molecular complexity index is 1370. The molecule has 0 aliphatic carbocycles. The number of para-hydroxylation sites is 2. The van der Waals surface area contributed by atoms with Crippen molar-refractivity contribution in [3.63, 3.8) is 0 Å². The van der Waals surface area contributed by atoms with Crippen LogP contribution in [0, 0.1) is 0 Å². The van der Waals surface area contributed by atoms with Crippen LogP contribution in [-0.4, -0.2) is 0 Å². The van der Waals surface area contributed by atoms with Gasteiger partial charge in [-0.2, -0.15) is 0 Å². The maximum absolute atomic E-state index is 2.30. The van der Waals surface area contributed by atoms with Crippen molar-refractivity contribution in [1.29, 1.82) is 0 Å². The standard InChI is InChI=1S/C32H24N2S2/c1-3-9-27(10-4-1)33(31-13-7-23-35-31)29-19-15-25(16-20-29)26-17-21-30(22-18-26)34(32-14-8-24-36-32)28-11-5-2-6-12-28/h1-24H. The van der Waals surface area contributed by atoms with E-state index >= 15 is 0 Å². The summed E-state index contributed by atoms with van der Waals surface area (Å²) in [5.74, 6) is 0.